The van der Waals surface area contributed by atoms with Crippen LogP contribution in [-0.4, -0.2) is 56.3 Å². The number of rotatable bonds is 7. The van der Waals surface area contributed by atoms with Gasteiger partial charge in [-0.2, -0.15) is 0 Å². The Labute approximate surface area is 187 Å². The maximum atomic E-state index is 13.9. The van der Waals surface area contributed by atoms with Crippen LogP contribution in [0, 0.1) is 5.82 Å². The van der Waals surface area contributed by atoms with Gasteiger partial charge in [-0.3, -0.25) is 4.99 Å². The van der Waals surface area contributed by atoms with Crippen molar-refractivity contribution < 1.29 is 9.13 Å². The number of hydrogen-bond acceptors (Lipinski definition) is 3. The van der Waals surface area contributed by atoms with E-state index in [0.29, 0.717) is 30.2 Å². The maximum absolute atomic E-state index is 13.9. The molecule has 0 bridgehead atoms. The number of aliphatic imine (C=N–C) groups is 1. The molecule has 0 amide bonds. The summed E-state index contributed by atoms with van der Waals surface area (Å²) in [4.78, 5) is 6.70. The summed E-state index contributed by atoms with van der Waals surface area (Å²) in [7, 11) is 1.74. The van der Waals surface area contributed by atoms with Crippen molar-refractivity contribution in [3.8, 4) is 0 Å². The molecule has 0 aromatic heterocycles. The number of likely N-dealkylation sites (tertiary alicyclic amines) is 1. The van der Waals surface area contributed by atoms with Crippen molar-refractivity contribution >= 4 is 45.9 Å². The van der Waals surface area contributed by atoms with Crippen LogP contribution in [0.15, 0.2) is 27.7 Å². The predicted octanol–water partition coefficient (Wildman–Crippen LogP) is 3.76. The van der Waals surface area contributed by atoms with Gasteiger partial charge in [0.2, 0.25) is 0 Å². The first-order valence-corrected chi connectivity index (χ1v) is 10.0. The second kappa shape index (κ2) is 12.9. The minimum absolute atomic E-state index is 0. The molecule has 0 radical (unpaired) electrons. The van der Waals surface area contributed by atoms with Crippen molar-refractivity contribution in [2.75, 3.05) is 33.3 Å². The van der Waals surface area contributed by atoms with E-state index in [2.05, 4.69) is 50.3 Å². The van der Waals surface area contributed by atoms with Crippen molar-refractivity contribution in [2.45, 2.75) is 45.4 Å². The van der Waals surface area contributed by atoms with E-state index in [1.165, 1.54) is 6.07 Å². The molecule has 5 nitrogen and oxygen atoms in total. The molecule has 1 aromatic rings. The van der Waals surface area contributed by atoms with E-state index < -0.39 is 0 Å². The molecule has 2 N–H and O–H groups in total. The molecule has 0 aliphatic carbocycles. The Morgan fingerprint density at radius 3 is 2.67 bits per heavy atom. The molecule has 0 spiro atoms. The second-order valence-electron chi connectivity index (χ2n) is 6.84. The predicted molar refractivity (Wildman–Crippen MR) is 123 cm³/mol. The third kappa shape index (κ3) is 9.06. The zero-order valence-corrected chi connectivity index (χ0v) is 20.2. The van der Waals surface area contributed by atoms with Gasteiger partial charge in [-0.1, -0.05) is 22.0 Å². The molecule has 1 aliphatic rings. The summed E-state index contributed by atoms with van der Waals surface area (Å²) in [5.74, 6) is 0.494. The van der Waals surface area contributed by atoms with Crippen LogP contribution in [-0.2, 0) is 11.3 Å². The zero-order chi connectivity index (χ0) is 18.9. The fourth-order valence-corrected chi connectivity index (χ4v) is 3.28. The Balaban J connectivity index is 0.00000364. The first-order valence-electron chi connectivity index (χ1n) is 9.23. The van der Waals surface area contributed by atoms with Crippen LogP contribution in [0.3, 0.4) is 0 Å². The summed E-state index contributed by atoms with van der Waals surface area (Å²) in [6, 6.07) is 5.48. The van der Waals surface area contributed by atoms with Crippen LogP contribution in [0.1, 0.15) is 32.3 Å². The molecule has 1 saturated heterocycles. The van der Waals surface area contributed by atoms with Crippen LogP contribution < -0.4 is 10.6 Å². The minimum Gasteiger partial charge on any atom is -0.377 e. The lowest BCUT2D eigenvalue weighted by Gasteiger charge is -2.33. The highest BCUT2D eigenvalue weighted by Gasteiger charge is 2.19. The number of hydrogen-bond donors (Lipinski definition) is 2. The number of guanidine groups is 1. The summed E-state index contributed by atoms with van der Waals surface area (Å²) in [5.41, 5.74) is 0.621. The molecule has 0 unspecified atom stereocenters. The molecule has 27 heavy (non-hydrogen) atoms. The van der Waals surface area contributed by atoms with Gasteiger partial charge in [-0.25, -0.2) is 4.39 Å². The molecule has 8 heteroatoms. The van der Waals surface area contributed by atoms with Crippen LogP contribution in [0.5, 0.6) is 0 Å². The van der Waals surface area contributed by atoms with Gasteiger partial charge in [0.05, 0.1) is 12.7 Å². The average molecular weight is 557 g/mol. The molecule has 154 valence electrons. The van der Waals surface area contributed by atoms with E-state index in [1.54, 1.807) is 13.1 Å². The Bertz CT molecular complexity index is 595. The van der Waals surface area contributed by atoms with Gasteiger partial charge in [0, 0.05) is 49.3 Å². The van der Waals surface area contributed by atoms with Gasteiger partial charge in [0.15, 0.2) is 5.96 Å². The topological polar surface area (TPSA) is 48.9 Å². The molecular weight excluding hydrogens is 526 g/mol. The van der Waals surface area contributed by atoms with Crippen LogP contribution in [0.4, 0.5) is 4.39 Å². The Hall–Kier alpha value is -0.450. The number of halogens is 3. The number of ether oxygens (including phenoxy) is 1. The first-order chi connectivity index (χ1) is 12.5. The summed E-state index contributed by atoms with van der Waals surface area (Å²) < 4.78 is 20.3. The lowest BCUT2D eigenvalue weighted by atomic mass is 10.1. The van der Waals surface area contributed by atoms with Crippen LogP contribution >= 0.6 is 39.9 Å². The largest absolute Gasteiger partial charge is 0.377 e. The first kappa shape index (κ1) is 24.6. The summed E-state index contributed by atoms with van der Waals surface area (Å²) in [6.07, 6.45) is 2.42. The van der Waals surface area contributed by atoms with Crippen molar-refractivity contribution in [3.05, 3.63) is 34.1 Å². The van der Waals surface area contributed by atoms with Crippen molar-refractivity contribution in [1.29, 1.82) is 0 Å². The highest BCUT2D eigenvalue weighted by Crippen LogP contribution is 2.15. The molecule has 0 atom stereocenters. The van der Waals surface area contributed by atoms with Crippen LogP contribution in [0.2, 0.25) is 0 Å². The van der Waals surface area contributed by atoms with Gasteiger partial charge < -0.3 is 20.3 Å². The SMILES string of the molecule is CN=C(NCc1ccc(Br)cc1F)NC1CCN(CCOC(C)C)CC1.I. The number of piperidine rings is 1. The van der Waals surface area contributed by atoms with Gasteiger partial charge >= 0.3 is 0 Å². The Morgan fingerprint density at radius 2 is 2.07 bits per heavy atom. The number of nitrogens with zero attached hydrogens (tertiary/aromatic N) is 2. The molecule has 1 aromatic carbocycles. The van der Waals surface area contributed by atoms with Crippen molar-refractivity contribution in [1.82, 2.24) is 15.5 Å². The monoisotopic (exact) mass is 556 g/mol. The van der Waals surface area contributed by atoms with Gasteiger partial charge in [-0.15, -0.1) is 24.0 Å². The fraction of sp³-hybridized carbons (Fsp3) is 0.632. The molecule has 1 heterocycles. The van der Waals surface area contributed by atoms with Gasteiger partial charge in [0.1, 0.15) is 5.82 Å². The van der Waals surface area contributed by atoms with Crippen molar-refractivity contribution in [2.24, 2.45) is 4.99 Å². The zero-order valence-electron chi connectivity index (χ0n) is 16.3. The van der Waals surface area contributed by atoms with Crippen molar-refractivity contribution in [3.63, 3.8) is 0 Å². The summed E-state index contributed by atoms with van der Waals surface area (Å²) in [5, 5.41) is 6.65. The lowest BCUT2D eigenvalue weighted by molar-refractivity contribution is 0.0532. The van der Waals surface area contributed by atoms with Gasteiger partial charge in [0.25, 0.3) is 0 Å². The molecule has 1 aliphatic heterocycles. The smallest absolute Gasteiger partial charge is 0.191 e. The van der Waals surface area contributed by atoms with E-state index in [0.717, 1.165) is 43.6 Å². The lowest BCUT2D eigenvalue weighted by Crippen LogP contribution is -2.49. The fourth-order valence-electron chi connectivity index (χ4n) is 2.95. The van der Waals surface area contributed by atoms with E-state index in [1.807, 2.05) is 6.07 Å². The van der Waals surface area contributed by atoms with Crippen LogP contribution in [0.25, 0.3) is 0 Å². The molecule has 2 rings (SSSR count). The number of benzene rings is 1. The van der Waals surface area contributed by atoms with E-state index in [9.17, 15) is 4.39 Å². The Kier molecular flexibility index (Phi) is 11.7. The normalized spacial score (nSPS) is 16.3. The second-order valence-corrected chi connectivity index (χ2v) is 7.76. The van der Waals surface area contributed by atoms with E-state index in [-0.39, 0.29) is 29.8 Å². The van der Waals surface area contributed by atoms with E-state index in [4.69, 9.17) is 4.74 Å². The summed E-state index contributed by atoms with van der Waals surface area (Å²) >= 11 is 3.27. The van der Waals surface area contributed by atoms with Gasteiger partial charge in [-0.05, 0) is 38.8 Å². The third-order valence-electron chi connectivity index (χ3n) is 4.47. The third-order valence-corrected chi connectivity index (χ3v) is 4.97. The average Bonchev–Trinajstić information content (AvgIpc) is 2.61. The quantitative estimate of drug-likeness (QED) is 0.305. The minimum atomic E-state index is -0.223. The summed E-state index contributed by atoms with van der Waals surface area (Å²) in [6.45, 7) is 8.42. The molecule has 1 fully saturated rings. The molecular formula is C19H31BrFIN4O. The highest BCUT2D eigenvalue weighted by atomic mass is 127. The number of nitrogens with one attached hydrogen (secondary N) is 2. The highest BCUT2D eigenvalue weighted by molar-refractivity contribution is 14.0. The Morgan fingerprint density at radius 1 is 1.37 bits per heavy atom. The standard InChI is InChI=1S/C19H30BrFN4O.HI/c1-14(2)26-11-10-25-8-6-17(7-9-25)24-19(22-3)23-13-15-4-5-16(20)12-18(15)21;/h4-5,12,14,17H,6-11,13H2,1-3H3,(H2,22,23,24);1H. The maximum Gasteiger partial charge on any atom is 0.191 e. The van der Waals surface area contributed by atoms with E-state index >= 15 is 0 Å². The molecule has 0 saturated carbocycles.